The maximum atomic E-state index is 9.73. The van der Waals surface area contributed by atoms with Gasteiger partial charge >= 0.3 is 0 Å². The monoisotopic (exact) mass is 206 g/mol. The van der Waals surface area contributed by atoms with Crippen LogP contribution >= 0.6 is 0 Å². The third kappa shape index (κ3) is 1.86. The van der Waals surface area contributed by atoms with E-state index in [1.165, 1.54) is 25.1 Å². The van der Waals surface area contributed by atoms with Gasteiger partial charge in [-0.3, -0.25) is 0 Å². The van der Waals surface area contributed by atoms with Crippen molar-refractivity contribution in [1.82, 2.24) is 0 Å². The molecule has 1 aromatic carbocycles. The molecule has 15 heavy (non-hydrogen) atoms. The number of aryl methyl sites for hydroxylation is 2. The zero-order chi connectivity index (χ0) is 11.0. The van der Waals surface area contributed by atoms with Crippen LogP contribution in [0.15, 0.2) is 12.1 Å². The highest BCUT2D eigenvalue weighted by atomic mass is 16.3. The van der Waals surface area contributed by atoms with Crippen LogP contribution in [0.3, 0.4) is 0 Å². The van der Waals surface area contributed by atoms with Gasteiger partial charge in [0.15, 0.2) is 0 Å². The molecule has 0 spiro atoms. The molecule has 1 aliphatic rings. The van der Waals surface area contributed by atoms with Crippen LogP contribution in [0.25, 0.3) is 0 Å². The van der Waals surface area contributed by atoms with Crippen molar-refractivity contribution in [2.45, 2.75) is 39.7 Å². The Labute approximate surface area is 91.5 Å². The standard InChI is InChI=1S/C13H19NO/c1-9-7-12(8-10(2)13(9)15)14-6-4-5-11(14)3/h7-8,11,15H,4-6H2,1-3H3/p+1. The molecule has 2 N–H and O–H groups in total. The molecule has 1 aliphatic heterocycles. The zero-order valence-corrected chi connectivity index (χ0v) is 9.80. The largest absolute Gasteiger partial charge is 0.507 e. The third-order valence-corrected chi connectivity index (χ3v) is 3.54. The van der Waals surface area contributed by atoms with Crippen molar-refractivity contribution in [3.8, 4) is 5.75 Å². The van der Waals surface area contributed by atoms with E-state index in [2.05, 4.69) is 19.1 Å². The molecule has 1 heterocycles. The fourth-order valence-electron chi connectivity index (χ4n) is 2.59. The molecule has 2 rings (SSSR count). The highest BCUT2D eigenvalue weighted by Crippen LogP contribution is 2.24. The summed E-state index contributed by atoms with van der Waals surface area (Å²) >= 11 is 0. The fraction of sp³-hybridized carbons (Fsp3) is 0.538. The maximum absolute atomic E-state index is 9.73. The summed E-state index contributed by atoms with van der Waals surface area (Å²) in [5, 5.41) is 9.73. The third-order valence-electron chi connectivity index (χ3n) is 3.54. The first-order chi connectivity index (χ1) is 7.09. The smallest absolute Gasteiger partial charge is 0.132 e. The van der Waals surface area contributed by atoms with E-state index in [-0.39, 0.29) is 0 Å². The van der Waals surface area contributed by atoms with Gasteiger partial charge in [-0.05, 0) is 31.9 Å². The molecule has 2 heteroatoms. The second-order valence-corrected chi connectivity index (χ2v) is 4.78. The number of benzene rings is 1. The van der Waals surface area contributed by atoms with Gasteiger partial charge < -0.3 is 10.0 Å². The van der Waals surface area contributed by atoms with Crippen molar-refractivity contribution in [2.75, 3.05) is 6.54 Å². The Bertz CT molecular complexity index is 350. The number of rotatable bonds is 1. The van der Waals surface area contributed by atoms with Crippen LogP contribution in [0, 0.1) is 13.8 Å². The summed E-state index contributed by atoms with van der Waals surface area (Å²) in [6, 6.07) is 4.97. The van der Waals surface area contributed by atoms with Crippen LogP contribution in [0.2, 0.25) is 0 Å². The Kier molecular flexibility index (Phi) is 2.70. The maximum Gasteiger partial charge on any atom is 0.132 e. The van der Waals surface area contributed by atoms with E-state index in [1.54, 1.807) is 4.90 Å². The lowest BCUT2D eigenvalue weighted by atomic mass is 10.1. The molecule has 2 nitrogen and oxygen atoms in total. The molecule has 0 saturated carbocycles. The minimum absolute atomic E-state index is 0.449. The molecule has 0 aromatic heterocycles. The van der Waals surface area contributed by atoms with Crippen LogP contribution < -0.4 is 4.90 Å². The highest BCUT2D eigenvalue weighted by molar-refractivity contribution is 5.47. The van der Waals surface area contributed by atoms with Gasteiger partial charge in [-0.25, -0.2) is 0 Å². The van der Waals surface area contributed by atoms with Gasteiger partial charge in [0.1, 0.15) is 11.4 Å². The van der Waals surface area contributed by atoms with Gasteiger partial charge in [0.25, 0.3) is 0 Å². The number of quaternary nitrogens is 1. The van der Waals surface area contributed by atoms with Crippen molar-refractivity contribution < 1.29 is 10.0 Å². The lowest BCUT2D eigenvalue weighted by Gasteiger charge is -2.19. The Morgan fingerprint density at radius 3 is 2.33 bits per heavy atom. The SMILES string of the molecule is Cc1cc([NH+]2CCCC2C)cc(C)c1O. The molecule has 0 radical (unpaired) electrons. The summed E-state index contributed by atoms with van der Waals surface area (Å²) in [5.41, 5.74) is 3.33. The van der Waals surface area contributed by atoms with Crippen LogP contribution in [-0.2, 0) is 0 Å². The van der Waals surface area contributed by atoms with Gasteiger partial charge in [0, 0.05) is 25.0 Å². The summed E-state index contributed by atoms with van der Waals surface area (Å²) in [6.45, 7) is 7.49. The van der Waals surface area contributed by atoms with E-state index in [4.69, 9.17) is 0 Å². The van der Waals surface area contributed by atoms with Gasteiger partial charge in [0.05, 0.1) is 12.6 Å². The van der Waals surface area contributed by atoms with E-state index in [0.29, 0.717) is 11.8 Å². The van der Waals surface area contributed by atoms with Crippen molar-refractivity contribution in [2.24, 2.45) is 0 Å². The number of phenols is 1. The average Bonchev–Trinajstić information content (AvgIpc) is 2.60. The Hall–Kier alpha value is -1.02. The molecule has 1 fully saturated rings. The molecule has 0 bridgehead atoms. The summed E-state index contributed by atoms with van der Waals surface area (Å²) in [6.07, 6.45) is 2.63. The molecular weight excluding hydrogens is 186 g/mol. The molecule has 82 valence electrons. The second-order valence-electron chi connectivity index (χ2n) is 4.78. The molecule has 0 amide bonds. The van der Waals surface area contributed by atoms with Crippen LogP contribution in [-0.4, -0.2) is 17.7 Å². The predicted octanol–water partition coefficient (Wildman–Crippen LogP) is 1.71. The van der Waals surface area contributed by atoms with E-state index < -0.39 is 0 Å². The molecule has 1 saturated heterocycles. The van der Waals surface area contributed by atoms with Gasteiger partial charge in [-0.2, -0.15) is 0 Å². The van der Waals surface area contributed by atoms with Crippen LogP contribution in [0.5, 0.6) is 5.75 Å². The molecule has 2 unspecified atom stereocenters. The van der Waals surface area contributed by atoms with Crippen molar-refractivity contribution in [1.29, 1.82) is 0 Å². The summed E-state index contributed by atoms with van der Waals surface area (Å²) in [4.78, 5) is 1.57. The molecule has 0 aliphatic carbocycles. The topological polar surface area (TPSA) is 24.7 Å². The zero-order valence-electron chi connectivity index (χ0n) is 9.80. The first kappa shape index (κ1) is 10.5. The Balaban J connectivity index is 2.36. The van der Waals surface area contributed by atoms with Gasteiger partial charge in [-0.15, -0.1) is 0 Å². The van der Waals surface area contributed by atoms with Crippen LogP contribution in [0.4, 0.5) is 5.69 Å². The first-order valence-corrected chi connectivity index (χ1v) is 5.76. The summed E-state index contributed by atoms with van der Waals surface area (Å²) in [7, 11) is 0. The highest BCUT2D eigenvalue weighted by Gasteiger charge is 2.26. The van der Waals surface area contributed by atoms with Crippen molar-refractivity contribution in [3.63, 3.8) is 0 Å². The molecule has 2 atom stereocenters. The lowest BCUT2D eigenvalue weighted by molar-refractivity contribution is -0.843. The summed E-state index contributed by atoms with van der Waals surface area (Å²) in [5.74, 6) is 0.449. The molecule has 1 aromatic rings. The number of aromatic hydroxyl groups is 1. The van der Waals surface area contributed by atoms with E-state index >= 15 is 0 Å². The van der Waals surface area contributed by atoms with Gasteiger partial charge in [0.2, 0.25) is 0 Å². The normalized spacial score (nSPS) is 25.8. The van der Waals surface area contributed by atoms with E-state index in [1.807, 2.05) is 13.8 Å². The van der Waals surface area contributed by atoms with Crippen molar-refractivity contribution >= 4 is 5.69 Å². The van der Waals surface area contributed by atoms with Crippen LogP contribution in [0.1, 0.15) is 30.9 Å². The number of nitrogens with one attached hydrogen (secondary N) is 1. The predicted molar refractivity (Wildman–Crippen MR) is 61.8 cm³/mol. The van der Waals surface area contributed by atoms with Gasteiger partial charge in [-0.1, -0.05) is 0 Å². The second kappa shape index (κ2) is 3.86. The molecular formula is C13H20NO+. The number of hydrogen-bond acceptors (Lipinski definition) is 1. The Morgan fingerprint density at radius 2 is 1.87 bits per heavy atom. The van der Waals surface area contributed by atoms with E-state index in [9.17, 15) is 5.11 Å². The summed E-state index contributed by atoms with van der Waals surface area (Å²) < 4.78 is 0. The van der Waals surface area contributed by atoms with E-state index in [0.717, 1.165) is 11.1 Å². The van der Waals surface area contributed by atoms with Crippen molar-refractivity contribution in [3.05, 3.63) is 23.3 Å². The minimum Gasteiger partial charge on any atom is -0.507 e. The first-order valence-electron chi connectivity index (χ1n) is 5.76. The fourth-order valence-corrected chi connectivity index (χ4v) is 2.59. The lowest BCUT2D eigenvalue weighted by Crippen LogP contribution is -3.08. The Morgan fingerprint density at radius 1 is 1.27 bits per heavy atom. The number of phenolic OH excluding ortho intramolecular Hbond substituents is 1. The minimum atomic E-state index is 0.449. The quantitative estimate of drug-likeness (QED) is 0.672. The number of hydrogen-bond donors (Lipinski definition) is 2. The average molecular weight is 206 g/mol.